The smallest absolute Gasteiger partial charge is 0.217 e. The summed E-state index contributed by atoms with van der Waals surface area (Å²) < 4.78 is 2.03. The monoisotopic (exact) mass is 246 g/mol. The number of aryl methyl sites for hydroxylation is 1. The number of unbranched alkanes of at least 4 members (excludes halogenated alkanes) is 1. The number of carbonyl (C=O) groups excluding carboxylic acids is 1. The van der Waals surface area contributed by atoms with Crippen molar-refractivity contribution in [2.45, 2.75) is 19.3 Å². The first kappa shape index (κ1) is 12.4. The molecule has 0 saturated heterocycles. The van der Waals surface area contributed by atoms with E-state index in [2.05, 4.69) is 10.3 Å². The molecule has 5 nitrogen and oxygen atoms in total. The van der Waals surface area contributed by atoms with Crippen LogP contribution in [-0.4, -0.2) is 22.0 Å². The molecule has 1 aromatic carbocycles. The van der Waals surface area contributed by atoms with Crippen molar-refractivity contribution in [1.82, 2.24) is 9.55 Å². The maximum absolute atomic E-state index is 10.6. The van der Waals surface area contributed by atoms with Gasteiger partial charge in [0.15, 0.2) is 0 Å². The van der Waals surface area contributed by atoms with Gasteiger partial charge in [-0.05, 0) is 25.0 Å². The van der Waals surface area contributed by atoms with Crippen LogP contribution in [0.15, 0.2) is 24.3 Å². The lowest BCUT2D eigenvalue weighted by atomic mass is 10.2. The number of hydrogen-bond donors (Lipinski definition) is 2. The number of hydrogen-bond acceptors (Lipinski definition) is 3. The minimum Gasteiger partial charge on any atom is -0.370 e. The van der Waals surface area contributed by atoms with Gasteiger partial charge in [-0.15, -0.1) is 0 Å². The van der Waals surface area contributed by atoms with E-state index in [0.717, 1.165) is 36.4 Å². The summed E-state index contributed by atoms with van der Waals surface area (Å²) in [7, 11) is 1.99. The fourth-order valence-electron chi connectivity index (χ4n) is 1.93. The molecule has 96 valence electrons. The van der Waals surface area contributed by atoms with Crippen LogP contribution in [0, 0.1) is 0 Å². The van der Waals surface area contributed by atoms with E-state index in [1.807, 2.05) is 35.9 Å². The van der Waals surface area contributed by atoms with E-state index in [0.29, 0.717) is 6.42 Å². The summed E-state index contributed by atoms with van der Waals surface area (Å²) in [5, 5.41) is 3.28. The molecule has 1 heterocycles. The molecule has 0 fully saturated rings. The van der Waals surface area contributed by atoms with Crippen LogP contribution < -0.4 is 11.1 Å². The summed E-state index contributed by atoms with van der Waals surface area (Å²) in [5.41, 5.74) is 7.18. The largest absolute Gasteiger partial charge is 0.370 e. The number of anilines is 1. The van der Waals surface area contributed by atoms with Gasteiger partial charge in [0.1, 0.15) is 0 Å². The fourth-order valence-corrected chi connectivity index (χ4v) is 1.93. The van der Waals surface area contributed by atoms with Crippen LogP contribution in [0.3, 0.4) is 0 Å². The zero-order valence-electron chi connectivity index (χ0n) is 10.5. The summed E-state index contributed by atoms with van der Waals surface area (Å²) in [6, 6.07) is 8.01. The summed E-state index contributed by atoms with van der Waals surface area (Å²) in [6.07, 6.45) is 2.17. The Morgan fingerprint density at radius 2 is 2.17 bits per heavy atom. The molecule has 2 aromatic rings. The minimum absolute atomic E-state index is 0.238. The van der Waals surface area contributed by atoms with E-state index >= 15 is 0 Å². The van der Waals surface area contributed by atoms with Gasteiger partial charge in [-0.25, -0.2) is 4.98 Å². The van der Waals surface area contributed by atoms with Gasteiger partial charge >= 0.3 is 0 Å². The third-order valence-corrected chi connectivity index (χ3v) is 2.92. The Balaban J connectivity index is 1.91. The summed E-state index contributed by atoms with van der Waals surface area (Å²) in [6.45, 7) is 0.796. The second-order valence-corrected chi connectivity index (χ2v) is 4.33. The Morgan fingerprint density at radius 3 is 2.89 bits per heavy atom. The fraction of sp³-hybridized carbons (Fsp3) is 0.385. The molecule has 0 spiro atoms. The maximum atomic E-state index is 10.6. The van der Waals surface area contributed by atoms with Gasteiger partial charge in [0.05, 0.1) is 11.0 Å². The number of amides is 1. The molecule has 0 radical (unpaired) electrons. The highest BCUT2D eigenvalue weighted by atomic mass is 16.1. The second-order valence-electron chi connectivity index (χ2n) is 4.33. The topological polar surface area (TPSA) is 72.9 Å². The van der Waals surface area contributed by atoms with Gasteiger partial charge in [0.2, 0.25) is 11.9 Å². The van der Waals surface area contributed by atoms with Crippen LogP contribution in [0.5, 0.6) is 0 Å². The number of nitrogens with two attached hydrogens (primary N) is 1. The molecule has 18 heavy (non-hydrogen) atoms. The van der Waals surface area contributed by atoms with Crippen LogP contribution in [0.2, 0.25) is 0 Å². The molecule has 0 bridgehead atoms. The van der Waals surface area contributed by atoms with Gasteiger partial charge in [0, 0.05) is 20.0 Å². The first-order chi connectivity index (χ1) is 8.68. The number of primary amides is 1. The van der Waals surface area contributed by atoms with E-state index in [9.17, 15) is 4.79 Å². The number of nitrogens with zero attached hydrogens (tertiary/aromatic N) is 2. The number of nitrogens with one attached hydrogen (secondary N) is 1. The van der Waals surface area contributed by atoms with E-state index in [4.69, 9.17) is 5.73 Å². The molecule has 0 saturated carbocycles. The van der Waals surface area contributed by atoms with Crippen LogP contribution in [0.1, 0.15) is 19.3 Å². The number of aromatic nitrogens is 2. The van der Waals surface area contributed by atoms with Crippen molar-refractivity contribution in [2.24, 2.45) is 12.8 Å². The maximum Gasteiger partial charge on any atom is 0.217 e. The minimum atomic E-state index is -0.238. The van der Waals surface area contributed by atoms with Gasteiger partial charge in [-0.1, -0.05) is 12.1 Å². The number of imidazole rings is 1. The molecule has 1 amide bonds. The molecule has 0 aliphatic carbocycles. The molecule has 3 N–H and O–H groups in total. The van der Waals surface area contributed by atoms with Crippen molar-refractivity contribution in [3.8, 4) is 0 Å². The average molecular weight is 246 g/mol. The van der Waals surface area contributed by atoms with E-state index < -0.39 is 0 Å². The number of benzene rings is 1. The second kappa shape index (κ2) is 5.53. The van der Waals surface area contributed by atoms with Gasteiger partial charge in [0.25, 0.3) is 0 Å². The molecular weight excluding hydrogens is 228 g/mol. The van der Waals surface area contributed by atoms with Crippen LogP contribution >= 0.6 is 0 Å². The summed E-state index contributed by atoms with van der Waals surface area (Å²) in [5.74, 6) is 0.619. The quantitative estimate of drug-likeness (QED) is 0.761. The van der Waals surface area contributed by atoms with Crippen molar-refractivity contribution in [2.75, 3.05) is 11.9 Å². The van der Waals surface area contributed by atoms with E-state index in [-0.39, 0.29) is 5.91 Å². The summed E-state index contributed by atoms with van der Waals surface area (Å²) >= 11 is 0. The lowest BCUT2D eigenvalue weighted by Gasteiger charge is -2.05. The van der Waals surface area contributed by atoms with Gasteiger partial charge in [-0.2, -0.15) is 0 Å². The van der Waals surface area contributed by atoms with Crippen molar-refractivity contribution in [3.63, 3.8) is 0 Å². The number of rotatable bonds is 6. The Morgan fingerprint density at radius 1 is 1.39 bits per heavy atom. The Hall–Kier alpha value is -2.04. The highest BCUT2D eigenvalue weighted by Gasteiger charge is 2.05. The van der Waals surface area contributed by atoms with Crippen LogP contribution in [-0.2, 0) is 11.8 Å². The van der Waals surface area contributed by atoms with Gasteiger partial charge < -0.3 is 15.6 Å². The zero-order chi connectivity index (χ0) is 13.0. The zero-order valence-corrected chi connectivity index (χ0v) is 10.5. The first-order valence-corrected chi connectivity index (χ1v) is 6.12. The Bertz CT molecular complexity index is 547. The standard InChI is InChI=1S/C13H18N4O/c1-17-11-7-3-2-6-10(11)16-13(17)15-9-5-4-8-12(14)18/h2-3,6-7H,4-5,8-9H2,1H3,(H2,14,18)(H,15,16). The Kier molecular flexibility index (Phi) is 3.82. The SMILES string of the molecule is Cn1c(NCCCCC(N)=O)nc2ccccc21. The summed E-state index contributed by atoms with van der Waals surface area (Å²) in [4.78, 5) is 15.1. The predicted molar refractivity (Wildman–Crippen MR) is 72.2 cm³/mol. The molecule has 0 unspecified atom stereocenters. The average Bonchev–Trinajstić information content (AvgIpc) is 2.66. The molecule has 0 aliphatic heterocycles. The lowest BCUT2D eigenvalue weighted by molar-refractivity contribution is -0.118. The number of fused-ring (bicyclic) bond motifs is 1. The van der Waals surface area contributed by atoms with Crippen molar-refractivity contribution in [1.29, 1.82) is 0 Å². The third kappa shape index (κ3) is 2.80. The Labute approximate surface area is 106 Å². The third-order valence-electron chi connectivity index (χ3n) is 2.92. The molecule has 0 atom stereocenters. The van der Waals surface area contributed by atoms with E-state index in [1.54, 1.807) is 0 Å². The molecule has 1 aromatic heterocycles. The van der Waals surface area contributed by atoms with Crippen molar-refractivity contribution in [3.05, 3.63) is 24.3 Å². The molecule has 2 rings (SSSR count). The normalized spacial score (nSPS) is 10.7. The highest BCUT2D eigenvalue weighted by molar-refractivity contribution is 5.78. The van der Waals surface area contributed by atoms with Crippen LogP contribution in [0.25, 0.3) is 11.0 Å². The number of carbonyl (C=O) groups is 1. The number of para-hydroxylation sites is 2. The van der Waals surface area contributed by atoms with Crippen molar-refractivity contribution >= 4 is 22.9 Å². The lowest BCUT2D eigenvalue weighted by Crippen LogP contribution is -2.11. The van der Waals surface area contributed by atoms with Crippen LogP contribution in [0.4, 0.5) is 5.95 Å². The molecule has 5 heteroatoms. The van der Waals surface area contributed by atoms with Crippen molar-refractivity contribution < 1.29 is 4.79 Å². The highest BCUT2D eigenvalue weighted by Crippen LogP contribution is 2.17. The molecule has 0 aliphatic rings. The predicted octanol–water partition coefficient (Wildman–Crippen LogP) is 1.64. The van der Waals surface area contributed by atoms with Gasteiger partial charge in [-0.3, -0.25) is 4.79 Å². The van der Waals surface area contributed by atoms with E-state index in [1.165, 1.54) is 0 Å². The molecular formula is C13H18N4O. The first-order valence-electron chi connectivity index (χ1n) is 6.12.